The second-order valence-electron chi connectivity index (χ2n) is 9.16. The normalized spacial score (nSPS) is 17.9. The van der Waals surface area contributed by atoms with E-state index in [1.807, 2.05) is 0 Å². The van der Waals surface area contributed by atoms with Gasteiger partial charge in [-0.2, -0.15) is 0 Å². The molecule has 0 heterocycles. The van der Waals surface area contributed by atoms with Crippen molar-refractivity contribution in [1.82, 2.24) is 10.2 Å². The quantitative estimate of drug-likeness (QED) is 0.280. The van der Waals surface area contributed by atoms with E-state index in [2.05, 4.69) is 17.5 Å². The number of amides is 1. The van der Waals surface area contributed by atoms with Crippen LogP contribution in [0.1, 0.15) is 95.1 Å². The summed E-state index contributed by atoms with van der Waals surface area (Å²) in [5, 5.41) is 23.1. The van der Waals surface area contributed by atoms with Gasteiger partial charge in [-0.1, -0.05) is 63.2 Å². The van der Waals surface area contributed by atoms with Crippen molar-refractivity contribution >= 4 is 5.91 Å². The molecule has 0 spiro atoms. The number of hydrogen-bond acceptors (Lipinski definition) is 4. The van der Waals surface area contributed by atoms with Crippen molar-refractivity contribution in [3.63, 3.8) is 0 Å². The minimum absolute atomic E-state index is 0.0174. The predicted molar refractivity (Wildman–Crippen MR) is 131 cm³/mol. The van der Waals surface area contributed by atoms with E-state index in [1.165, 1.54) is 64.2 Å². The highest BCUT2D eigenvalue weighted by molar-refractivity contribution is 5.73. The van der Waals surface area contributed by atoms with Crippen molar-refractivity contribution in [2.24, 2.45) is 0 Å². The first-order valence-corrected chi connectivity index (χ1v) is 12.7. The summed E-state index contributed by atoms with van der Waals surface area (Å²) < 4.78 is 0. The molecule has 32 heavy (non-hydrogen) atoms. The van der Waals surface area contributed by atoms with Gasteiger partial charge in [-0.05, 0) is 56.3 Å². The molecule has 1 unspecified atom stereocenters. The molecule has 1 aromatic rings. The van der Waals surface area contributed by atoms with E-state index in [0.717, 1.165) is 24.9 Å². The van der Waals surface area contributed by atoms with Gasteiger partial charge < -0.3 is 20.4 Å². The topological polar surface area (TPSA) is 72.8 Å². The van der Waals surface area contributed by atoms with E-state index in [4.69, 9.17) is 0 Å². The molecule has 0 fully saturated rings. The smallest absolute Gasteiger partial charge is 0.219 e. The van der Waals surface area contributed by atoms with E-state index in [1.54, 1.807) is 30.0 Å². The molecule has 0 radical (unpaired) electrons. The lowest BCUT2D eigenvalue weighted by molar-refractivity contribution is -0.129. The number of phenolic OH excluding ortho intramolecular Hbond substituents is 1. The van der Waals surface area contributed by atoms with Crippen molar-refractivity contribution in [2.75, 3.05) is 13.1 Å². The van der Waals surface area contributed by atoms with Gasteiger partial charge in [0.2, 0.25) is 5.91 Å². The number of nitrogens with zero attached hydrogens (tertiary/aromatic N) is 1. The van der Waals surface area contributed by atoms with Crippen LogP contribution in [-0.4, -0.2) is 40.2 Å². The number of unbranched alkanes of at least 4 members (excludes halogenated alkanes) is 5. The summed E-state index contributed by atoms with van der Waals surface area (Å²) in [7, 11) is 0. The van der Waals surface area contributed by atoms with E-state index in [9.17, 15) is 15.0 Å². The third-order valence-electron chi connectivity index (χ3n) is 6.40. The molecule has 1 aliphatic carbocycles. The monoisotopic (exact) mass is 444 g/mol. The maximum Gasteiger partial charge on any atom is 0.219 e. The maximum atomic E-state index is 12.0. The molecule has 0 aliphatic heterocycles. The Morgan fingerprint density at radius 2 is 1.81 bits per heavy atom. The molecule has 1 aliphatic rings. The molecule has 3 N–H and O–H groups in total. The summed E-state index contributed by atoms with van der Waals surface area (Å²) in [6, 6.07) is 5.61. The van der Waals surface area contributed by atoms with E-state index in [-0.39, 0.29) is 18.3 Å². The molecule has 5 nitrogen and oxygen atoms in total. The molecule has 180 valence electrons. The number of aromatic hydroxyl groups is 1. The summed E-state index contributed by atoms with van der Waals surface area (Å²) >= 11 is 0. The van der Waals surface area contributed by atoms with Crippen LogP contribution in [-0.2, 0) is 17.9 Å². The SMILES string of the molecule is CC(=O)N(CCCCCCCCNC1/C=C\CCCCCC1)Cc1cc(CO)ccc1O. The maximum absolute atomic E-state index is 12.0. The van der Waals surface area contributed by atoms with Crippen molar-refractivity contribution in [2.45, 2.75) is 103 Å². The number of nitrogens with one attached hydrogen (secondary N) is 1. The van der Waals surface area contributed by atoms with Gasteiger partial charge in [0.15, 0.2) is 0 Å². The third kappa shape index (κ3) is 10.6. The summed E-state index contributed by atoms with van der Waals surface area (Å²) in [4.78, 5) is 13.8. The van der Waals surface area contributed by atoms with Crippen molar-refractivity contribution < 1.29 is 15.0 Å². The number of rotatable bonds is 13. The number of carbonyl (C=O) groups excluding carboxylic acids is 1. The highest BCUT2D eigenvalue weighted by atomic mass is 16.3. The molecule has 0 bridgehead atoms. The lowest BCUT2D eigenvalue weighted by Gasteiger charge is -2.22. The van der Waals surface area contributed by atoms with Crippen LogP contribution in [0.4, 0.5) is 0 Å². The van der Waals surface area contributed by atoms with Gasteiger partial charge in [0.1, 0.15) is 5.75 Å². The highest BCUT2D eigenvalue weighted by Gasteiger charge is 2.12. The first-order chi connectivity index (χ1) is 15.6. The number of aliphatic hydroxyl groups is 1. The van der Waals surface area contributed by atoms with Crippen molar-refractivity contribution in [3.8, 4) is 5.75 Å². The summed E-state index contributed by atoms with van der Waals surface area (Å²) in [5.41, 5.74) is 1.44. The van der Waals surface area contributed by atoms with Crippen molar-refractivity contribution in [1.29, 1.82) is 0 Å². The molecule has 1 atom stereocenters. The summed E-state index contributed by atoms with van der Waals surface area (Å²) in [5.74, 6) is 0.191. The fourth-order valence-electron chi connectivity index (χ4n) is 4.35. The number of allylic oxidation sites excluding steroid dienone is 1. The molecule has 1 aromatic carbocycles. The third-order valence-corrected chi connectivity index (χ3v) is 6.40. The Kier molecular flexibility index (Phi) is 13.1. The average molecular weight is 445 g/mol. The molecule has 1 amide bonds. The Labute approximate surface area is 194 Å². The molecule has 2 rings (SSSR count). The van der Waals surface area contributed by atoms with E-state index >= 15 is 0 Å². The minimum Gasteiger partial charge on any atom is -0.508 e. The molecule has 0 saturated heterocycles. The Balaban J connectivity index is 1.57. The molecule has 5 heteroatoms. The van der Waals surface area contributed by atoms with Crippen LogP contribution < -0.4 is 5.32 Å². The van der Waals surface area contributed by atoms with Gasteiger partial charge >= 0.3 is 0 Å². The standard InChI is InChI=1S/C27H44N2O3/c1-23(31)29(21-25-20-24(22-30)16-17-27(25)32)19-13-9-5-4-8-12-18-28-26-14-10-6-2-3-7-11-15-26/h10,14,16-17,20,26,28,30,32H,2-9,11-13,15,18-19,21-22H2,1H3/b14-10-. The second kappa shape index (κ2) is 15.9. The van der Waals surface area contributed by atoms with Crippen molar-refractivity contribution in [3.05, 3.63) is 41.5 Å². The number of phenols is 1. The fraction of sp³-hybridized carbons (Fsp3) is 0.667. The van der Waals surface area contributed by atoms with Gasteiger partial charge in [-0.15, -0.1) is 0 Å². The predicted octanol–water partition coefficient (Wildman–Crippen LogP) is 5.44. The molecule has 0 aromatic heterocycles. The largest absolute Gasteiger partial charge is 0.508 e. The lowest BCUT2D eigenvalue weighted by atomic mass is 10.1. The molecular weight excluding hydrogens is 400 g/mol. The second-order valence-corrected chi connectivity index (χ2v) is 9.16. The Hall–Kier alpha value is -1.85. The Morgan fingerprint density at radius 1 is 1.06 bits per heavy atom. The molecule has 0 saturated carbocycles. The first-order valence-electron chi connectivity index (χ1n) is 12.7. The van der Waals surface area contributed by atoms with Crippen LogP contribution in [0.2, 0.25) is 0 Å². The van der Waals surface area contributed by atoms with Crippen LogP contribution in [0, 0.1) is 0 Å². The van der Waals surface area contributed by atoms with Crippen LogP contribution >= 0.6 is 0 Å². The highest BCUT2D eigenvalue weighted by Crippen LogP contribution is 2.21. The van der Waals surface area contributed by atoms with Crippen LogP contribution in [0.3, 0.4) is 0 Å². The Morgan fingerprint density at radius 3 is 2.59 bits per heavy atom. The average Bonchev–Trinajstić information content (AvgIpc) is 2.92. The van der Waals surface area contributed by atoms with E-state index < -0.39 is 0 Å². The summed E-state index contributed by atoms with van der Waals surface area (Å²) in [6.07, 6.45) is 19.7. The van der Waals surface area contributed by atoms with Gasteiger partial charge in [0.05, 0.1) is 6.61 Å². The Bertz CT molecular complexity index is 689. The van der Waals surface area contributed by atoms with Crippen LogP contribution in [0.15, 0.2) is 30.4 Å². The van der Waals surface area contributed by atoms with Gasteiger partial charge in [-0.25, -0.2) is 0 Å². The number of hydrogen-bond donors (Lipinski definition) is 3. The minimum atomic E-state index is -0.0692. The number of aliphatic hydroxyl groups excluding tert-OH is 1. The van der Waals surface area contributed by atoms with Crippen LogP contribution in [0.5, 0.6) is 5.75 Å². The zero-order chi connectivity index (χ0) is 23.0. The molecular formula is C27H44N2O3. The number of carbonyl (C=O) groups is 1. The van der Waals surface area contributed by atoms with E-state index in [0.29, 0.717) is 24.7 Å². The summed E-state index contributed by atoms with van der Waals surface area (Å²) in [6.45, 7) is 3.70. The number of benzene rings is 1. The zero-order valence-corrected chi connectivity index (χ0v) is 20.0. The first kappa shape index (κ1) is 26.4. The van der Waals surface area contributed by atoms with Crippen LogP contribution in [0.25, 0.3) is 0 Å². The zero-order valence-electron chi connectivity index (χ0n) is 20.0. The van der Waals surface area contributed by atoms with Gasteiger partial charge in [-0.3, -0.25) is 4.79 Å². The van der Waals surface area contributed by atoms with Gasteiger partial charge in [0, 0.05) is 31.6 Å². The van der Waals surface area contributed by atoms with Gasteiger partial charge in [0.25, 0.3) is 0 Å². The fourth-order valence-corrected chi connectivity index (χ4v) is 4.35. The lowest BCUT2D eigenvalue weighted by Crippen LogP contribution is -2.29.